The molecule has 0 bridgehead atoms. The van der Waals surface area contributed by atoms with Crippen LogP contribution in [0.3, 0.4) is 0 Å². The molecule has 84 valence electrons. The Balaban J connectivity index is 1.88. The monoisotopic (exact) mass is 210 g/mol. The highest BCUT2D eigenvalue weighted by atomic mass is 16.2. The van der Waals surface area contributed by atoms with Crippen molar-refractivity contribution in [3.63, 3.8) is 0 Å². The minimum atomic E-state index is -0.156. The van der Waals surface area contributed by atoms with E-state index in [4.69, 9.17) is 0 Å². The second-order valence-corrected chi connectivity index (χ2v) is 4.81. The van der Waals surface area contributed by atoms with E-state index in [9.17, 15) is 9.59 Å². The van der Waals surface area contributed by atoms with Gasteiger partial charge in [0.15, 0.2) is 0 Å². The highest BCUT2D eigenvalue weighted by Crippen LogP contribution is 2.31. The Morgan fingerprint density at radius 2 is 1.93 bits per heavy atom. The third-order valence-electron chi connectivity index (χ3n) is 3.55. The second kappa shape index (κ2) is 4.31. The van der Waals surface area contributed by atoms with Crippen LogP contribution in [-0.4, -0.2) is 36.3 Å². The number of carbonyl (C=O) groups is 2. The van der Waals surface area contributed by atoms with Crippen LogP contribution in [0.4, 0.5) is 0 Å². The summed E-state index contributed by atoms with van der Waals surface area (Å²) in [5.41, 5.74) is 0. The molecule has 1 aliphatic heterocycles. The van der Waals surface area contributed by atoms with Gasteiger partial charge in [-0.2, -0.15) is 0 Å². The van der Waals surface area contributed by atoms with Crippen molar-refractivity contribution in [3.8, 4) is 0 Å². The maximum atomic E-state index is 11.2. The minimum Gasteiger partial charge on any atom is -0.294 e. The van der Waals surface area contributed by atoms with Crippen molar-refractivity contribution < 1.29 is 9.59 Å². The molecule has 0 aromatic carbocycles. The van der Waals surface area contributed by atoms with Crippen LogP contribution >= 0.6 is 0 Å². The van der Waals surface area contributed by atoms with Gasteiger partial charge in [-0.05, 0) is 18.3 Å². The van der Waals surface area contributed by atoms with Gasteiger partial charge in [-0.15, -0.1) is 0 Å². The first-order valence-electron chi connectivity index (χ1n) is 5.70. The van der Waals surface area contributed by atoms with E-state index in [-0.39, 0.29) is 11.8 Å². The fraction of sp³-hybridized carbons (Fsp3) is 0.818. The maximum Gasteiger partial charge on any atom is 0.240 e. The normalized spacial score (nSPS) is 33.1. The highest BCUT2D eigenvalue weighted by molar-refractivity contribution is 5.99. The lowest BCUT2D eigenvalue weighted by Crippen LogP contribution is -2.52. The topological polar surface area (TPSA) is 49.4 Å². The molecule has 1 saturated carbocycles. The summed E-state index contributed by atoms with van der Waals surface area (Å²) in [6, 6.07) is 0. The Labute approximate surface area is 90.0 Å². The van der Waals surface area contributed by atoms with Crippen molar-refractivity contribution in [3.05, 3.63) is 0 Å². The fourth-order valence-electron chi connectivity index (χ4n) is 2.65. The molecule has 4 heteroatoms. The smallest absolute Gasteiger partial charge is 0.240 e. The van der Waals surface area contributed by atoms with Gasteiger partial charge in [-0.3, -0.25) is 19.8 Å². The summed E-state index contributed by atoms with van der Waals surface area (Å²) >= 11 is 0. The summed E-state index contributed by atoms with van der Waals surface area (Å²) in [5.74, 6) is 1.10. The number of nitrogens with one attached hydrogen (secondary N) is 1. The zero-order chi connectivity index (χ0) is 10.8. The Hall–Kier alpha value is -0.900. The molecule has 15 heavy (non-hydrogen) atoms. The minimum absolute atomic E-state index is 0.156. The Morgan fingerprint density at radius 3 is 2.47 bits per heavy atom. The fourth-order valence-corrected chi connectivity index (χ4v) is 2.65. The van der Waals surface area contributed by atoms with E-state index < -0.39 is 0 Å². The maximum absolute atomic E-state index is 11.2. The predicted molar refractivity (Wildman–Crippen MR) is 56.1 cm³/mol. The molecule has 2 amide bonds. The molecule has 0 radical (unpaired) electrons. The van der Waals surface area contributed by atoms with Crippen LogP contribution in [0.5, 0.6) is 0 Å². The summed E-state index contributed by atoms with van der Waals surface area (Å²) in [7, 11) is 0. The van der Waals surface area contributed by atoms with E-state index in [2.05, 4.69) is 12.2 Å². The SMILES string of the molecule is CC1CCCC1CN1CC(=O)NC(=O)C1. The average Bonchev–Trinajstić information content (AvgIpc) is 2.50. The number of amides is 2. The predicted octanol–water partition coefficient (Wildman–Crippen LogP) is 0.381. The van der Waals surface area contributed by atoms with Gasteiger partial charge >= 0.3 is 0 Å². The van der Waals surface area contributed by atoms with Crippen LogP contribution in [0, 0.1) is 11.8 Å². The summed E-state index contributed by atoms with van der Waals surface area (Å²) in [5, 5.41) is 2.33. The molecule has 2 unspecified atom stereocenters. The van der Waals surface area contributed by atoms with Crippen molar-refractivity contribution in [1.82, 2.24) is 10.2 Å². The Morgan fingerprint density at radius 1 is 1.27 bits per heavy atom. The first kappa shape index (κ1) is 10.6. The molecule has 0 aromatic heterocycles. The third-order valence-corrected chi connectivity index (χ3v) is 3.55. The molecule has 4 nitrogen and oxygen atoms in total. The van der Waals surface area contributed by atoms with Gasteiger partial charge in [0.1, 0.15) is 0 Å². The number of carbonyl (C=O) groups excluding carboxylic acids is 2. The molecule has 2 aliphatic rings. The van der Waals surface area contributed by atoms with Gasteiger partial charge in [-0.1, -0.05) is 19.8 Å². The number of imide groups is 1. The first-order valence-corrected chi connectivity index (χ1v) is 5.70. The number of piperazine rings is 1. The van der Waals surface area contributed by atoms with E-state index in [0.717, 1.165) is 12.5 Å². The molecule has 1 saturated heterocycles. The van der Waals surface area contributed by atoms with Crippen LogP contribution < -0.4 is 5.32 Å². The van der Waals surface area contributed by atoms with Crippen molar-refractivity contribution in [2.45, 2.75) is 26.2 Å². The van der Waals surface area contributed by atoms with Gasteiger partial charge in [0.25, 0.3) is 0 Å². The zero-order valence-electron chi connectivity index (χ0n) is 9.16. The zero-order valence-corrected chi connectivity index (χ0v) is 9.16. The number of rotatable bonds is 2. The Kier molecular flexibility index (Phi) is 3.05. The summed E-state index contributed by atoms with van der Waals surface area (Å²) < 4.78 is 0. The summed E-state index contributed by atoms with van der Waals surface area (Å²) in [4.78, 5) is 24.3. The standard InChI is InChI=1S/C11H18N2O2/c1-8-3-2-4-9(8)5-13-6-10(14)12-11(15)7-13/h8-9H,2-7H2,1H3,(H,12,14,15). The molecule has 0 spiro atoms. The molecule has 1 N–H and O–H groups in total. The van der Waals surface area contributed by atoms with Crippen LogP contribution in [0.25, 0.3) is 0 Å². The molecule has 1 heterocycles. The lowest BCUT2D eigenvalue weighted by molar-refractivity contribution is -0.136. The molecule has 2 fully saturated rings. The quantitative estimate of drug-likeness (QED) is 0.670. The highest BCUT2D eigenvalue weighted by Gasteiger charge is 2.29. The Bertz CT molecular complexity index is 262. The van der Waals surface area contributed by atoms with E-state index in [1.165, 1.54) is 19.3 Å². The van der Waals surface area contributed by atoms with Crippen molar-refractivity contribution in [2.75, 3.05) is 19.6 Å². The first-order chi connectivity index (χ1) is 7.15. The van der Waals surface area contributed by atoms with Crippen molar-refractivity contribution in [2.24, 2.45) is 11.8 Å². The number of hydrogen-bond acceptors (Lipinski definition) is 3. The molecular formula is C11H18N2O2. The second-order valence-electron chi connectivity index (χ2n) is 4.81. The van der Waals surface area contributed by atoms with Crippen LogP contribution in [0.2, 0.25) is 0 Å². The lowest BCUT2D eigenvalue weighted by Gasteiger charge is -2.29. The van der Waals surface area contributed by atoms with Crippen LogP contribution in [0.1, 0.15) is 26.2 Å². The van der Waals surface area contributed by atoms with Gasteiger partial charge in [-0.25, -0.2) is 0 Å². The van der Waals surface area contributed by atoms with Gasteiger partial charge in [0, 0.05) is 6.54 Å². The van der Waals surface area contributed by atoms with E-state index in [0.29, 0.717) is 19.0 Å². The van der Waals surface area contributed by atoms with Gasteiger partial charge in [0.05, 0.1) is 13.1 Å². The van der Waals surface area contributed by atoms with Gasteiger partial charge < -0.3 is 0 Å². The third kappa shape index (κ3) is 2.56. The summed E-state index contributed by atoms with van der Waals surface area (Å²) in [6.07, 6.45) is 3.83. The lowest BCUT2D eigenvalue weighted by atomic mass is 9.97. The molecule has 0 aromatic rings. The molecule has 2 atom stereocenters. The average molecular weight is 210 g/mol. The van der Waals surface area contributed by atoms with E-state index in [1.54, 1.807) is 0 Å². The van der Waals surface area contributed by atoms with Gasteiger partial charge in [0.2, 0.25) is 11.8 Å². The van der Waals surface area contributed by atoms with Crippen molar-refractivity contribution in [1.29, 1.82) is 0 Å². The number of nitrogens with zero attached hydrogens (tertiary/aromatic N) is 1. The molecular weight excluding hydrogens is 192 g/mol. The van der Waals surface area contributed by atoms with E-state index in [1.807, 2.05) is 4.90 Å². The largest absolute Gasteiger partial charge is 0.294 e. The molecule has 1 aliphatic carbocycles. The molecule has 2 rings (SSSR count). The number of hydrogen-bond donors (Lipinski definition) is 1. The van der Waals surface area contributed by atoms with E-state index >= 15 is 0 Å². The van der Waals surface area contributed by atoms with Crippen LogP contribution in [0.15, 0.2) is 0 Å². The summed E-state index contributed by atoms with van der Waals surface area (Å²) in [6.45, 7) is 3.94. The van der Waals surface area contributed by atoms with Crippen molar-refractivity contribution >= 4 is 11.8 Å². The van der Waals surface area contributed by atoms with Crippen LogP contribution in [-0.2, 0) is 9.59 Å².